The van der Waals surface area contributed by atoms with E-state index in [4.69, 9.17) is 14.5 Å². The second-order valence-electron chi connectivity index (χ2n) is 11.9. The highest BCUT2D eigenvalue weighted by Gasteiger charge is 2.56. The highest BCUT2D eigenvalue weighted by Crippen LogP contribution is 2.52. The maximum absolute atomic E-state index is 12.1. The minimum atomic E-state index is -0.650. The number of benzene rings is 2. The lowest BCUT2D eigenvalue weighted by atomic mass is 9.71. The van der Waals surface area contributed by atoms with E-state index in [0.717, 1.165) is 86.5 Å². The van der Waals surface area contributed by atoms with Gasteiger partial charge in [0.2, 0.25) is 0 Å². The number of hydrogen-bond acceptors (Lipinski definition) is 7. The molecule has 3 fully saturated rings. The summed E-state index contributed by atoms with van der Waals surface area (Å²) in [4.78, 5) is 21.9. The Labute approximate surface area is 240 Å². The number of aromatic nitrogens is 1. The van der Waals surface area contributed by atoms with E-state index in [2.05, 4.69) is 59.4 Å². The first-order valence-electron chi connectivity index (χ1n) is 14.4. The first-order chi connectivity index (χ1) is 19.3. The summed E-state index contributed by atoms with van der Waals surface area (Å²) in [5.41, 5.74) is 6.20. The summed E-state index contributed by atoms with van der Waals surface area (Å²) in [7, 11) is 0. The van der Waals surface area contributed by atoms with E-state index in [0.29, 0.717) is 6.61 Å². The van der Waals surface area contributed by atoms with Crippen LogP contribution in [0.15, 0.2) is 41.8 Å². The van der Waals surface area contributed by atoms with Gasteiger partial charge in [0, 0.05) is 43.7 Å². The van der Waals surface area contributed by atoms with E-state index in [-0.39, 0.29) is 11.8 Å². The van der Waals surface area contributed by atoms with Crippen LogP contribution >= 0.6 is 11.3 Å². The molecule has 2 saturated heterocycles. The minimum Gasteiger partial charge on any atom is -0.488 e. The standard InChI is InChI=1S/C32H39N3O4S/c1-21-4-9-29(39-19-24-6-5-23(15-22(24)2)16-34-10-12-38-13-11-34)27(14-21)28-20-40-31(33-28)35-17-25-7-8-26(18-35)32(25,3)30(36)37/h4-6,9,14-15,20,25-26H,7-8,10-13,16-19H2,1-3H3,(H,36,37). The smallest absolute Gasteiger partial charge is 0.310 e. The summed E-state index contributed by atoms with van der Waals surface area (Å²) < 4.78 is 11.9. The Morgan fingerprint density at radius 3 is 2.58 bits per heavy atom. The third-order valence-corrected chi connectivity index (χ3v) is 10.3. The second kappa shape index (κ2) is 11.1. The molecule has 3 heterocycles. The number of hydrogen-bond donors (Lipinski definition) is 1. The number of morpholine rings is 1. The van der Waals surface area contributed by atoms with Crippen molar-refractivity contribution >= 4 is 22.4 Å². The fourth-order valence-electron chi connectivity index (χ4n) is 6.70. The summed E-state index contributed by atoms with van der Waals surface area (Å²) in [6.45, 7) is 12.7. The van der Waals surface area contributed by atoms with Gasteiger partial charge in [-0.05, 0) is 74.3 Å². The van der Waals surface area contributed by atoms with Gasteiger partial charge in [0.05, 0.1) is 24.3 Å². The van der Waals surface area contributed by atoms with Crippen molar-refractivity contribution in [1.82, 2.24) is 9.88 Å². The molecule has 0 spiro atoms. The number of thiazole rings is 1. The Bertz CT molecular complexity index is 1370. The van der Waals surface area contributed by atoms with Gasteiger partial charge in [-0.2, -0.15) is 0 Å². The number of ether oxygens (including phenoxy) is 2. The number of aryl methyl sites for hydroxylation is 2. The van der Waals surface area contributed by atoms with Crippen molar-refractivity contribution in [2.75, 3.05) is 44.3 Å². The molecule has 1 aromatic heterocycles. The summed E-state index contributed by atoms with van der Waals surface area (Å²) in [5.74, 6) is 0.509. The number of rotatable bonds is 8. The average Bonchev–Trinajstić information content (AvgIpc) is 3.48. The molecule has 3 aliphatic rings. The molecular weight excluding hydrogens is 522 g/mol. The van der Waals surface area contributed by atoms with Gasteiger partial charge in [-0.25, -0.2) is 4.98 Å². The van der Waals surface area contributed by atoms with Crippen molar-refractivity contribution in [2.24, 2.45) is 17.3 Å². The fraction of sp³-hybridized carbons (Fsp3) is 0.500. The molecule has 0 amide bonds. The number of aliphatic carboxylic acids is 1. The lowest BCUT2D eigenvalue weighted by Crippen LogP contribution is -2.51. The molecule has 2 bridgehead atoms. The predicted molar refractivity (Wildman–Crippen MR) is 158 cm³/mol. The molecule has 0 radical (unpaired) electrons. The van der Waals surface area contributed by atoms with Crippen LogP contribution in [0.25, 0.3) is 11.3 Å². The summed E-state index contributed by atoms with van der Waals surface area (Å²) in [6.07, 6.45) is 1.96. The van der Waals surface area contributed by atoms with E-state index >= 15 is 0 Å². The predicted octanol–water partition coefficient (Wildman–Crippen LogP) is 5.78. The van der Waals surface area contributed by atoms with Gasteiger partial charge in [0.1, 0.15) is 12.4 Å². The lowest BCUT2D eigenvalue weighted by Gasteiger charge is -2.42. The van der Waals surface area contributed by atoms with E-state index in [1.54, 1.807) is 11.3 Å². The summed E-state index contributed by atoms with van der Waals surface area (Å²) in [6, 6.07) is 13.0. The Balaban J connectivity index is 1.15. The highest BCUT2D eigenvalue weighted by molar-refractivity contribution is 7.14. The van der Waals surface area contributed by atoms with Crippen LogP contribution < -0.4 is 9.64 Å². The fourth-order valence-corrected chi connectivity index (χ4v) is 7.55. The molecular formula is C32H39N3O4S. The summed E-state index contributed by atoms with van der Waals surface area (Å²) in [5, 5.41) is 13.0. The van der Waals surface area contributed by atoms with Crippen LogP contribution in [0.4, 0.5) is 5.13 Å². The molecule has 3 aromatic rings. The largest absolute Gasteiger partial charge is 0.488 e. The number of carboxylic acid groups (broad SMARTS) is 1. The molecule has 2 aromatic carbocycles. The molecule has 1 aliphatic carbocycles. The van der Waals surface area contributed by atoms with Crippen LogP contribution in [-0.2, 0) is 22.7 Å². The van der Waals surface area contributed by atoms with E-state index in [9.17, 15) is 9.90 Å². The van der Waals surface area contributed by atoms with Crippen LogP contribution in [0.2, 0.25) is 0 Å². The number of fused-ring (bicyclic) bond motifs is 2. The van der Waals surface area contributed by atoms with E-state index in [1.807, 2.05) is 13.0 Å². The van der Waals surface area contributed by atoms with Crippen LogP contribution in [-0.4, -0.2) is 60.4 Å². The van der Waals surface area contributed by atoms with Gasteiger partial charge in [0.15, 0.2) is 5.13 Å². The second-order valence-corrected chi connectivity index (χ2v) is 12.8. The normalized spacial score (nSPS) is 24.8. The van der Waals surface area contributed by atoms with Crippen molar-refractivity contribution in [3.8, 4) is 17.0 Å². The minimum absolute atomic E-state index is 0.164. The van der Waals surface area contributed by atoms with Crippen molar-refractivity contribution in [3.05, 3.63) is 64.0 Å². The number of piperidine rings is 1. The SMILES string of the molecule is Cc1ccc(OCc2ccc(CN3CCOCC3)cc2C)c(-c2csc(N3CC4CCC(C3)C4(C)C(=O)O)n2)c1. The Morgan fingerprint density at radius 1 is 1.12 bits per heavy atom. The van der Waals surface area contributed by atoms with E-state index < -0.39 is 11.4 Å². The third kappa shape index (κ3) is 5.24. The quantitative estimate of drug-likeness (QED) is 0.374. The Hall–Kier alpha value is -2.94. The number of anilines is 1. The Morgan fingerprint density at radius 2 is 1.88 bits per heavy atom. The molecule has 1 N–H and O–H groups in total. The zero-order valence-corrected chi connectivity index (χ0v) is 24.5. The lowest BCUT2D eigenvalue weighted by molar-refractivity contribution is -0.153. The zero-order chi connectivity index (χ0) is 27.9. The number of carboxylic acids is 1. The molecule has 2 unspecified atom stereocenters. The van der Waals surface area contributed by atoms with Gasteiger partial charge < -0.3 is 19.5 Å². The topological polar surface area (TPSA) is 75.1 Å². The molecule has 8 heteroatoms. The van der Waals surface area contributed by atoms with Crippen LogP contribution in [0, 0.1) is 31.1 Å². The Kier molecular flexibility index (Phi) is 7.59. The molecule has 2 aliphatic heterocycles. The monoisotopic (exact) mass is 561 g/mol. The molecule has 7 nitrogen and oxygen atoms in total. The van der Waals surface area contributed by atoms with Crippen molar-refractivity contribution in [2.45, 2.75) is 46.8 Å². The third-order valence-electron chi connectivity index (χ3n) is 9.38. The van der Waals surface area contributed by atoms with Gasteiger partial charge >= 0.3 is 5.97 Å². The van der Waals surface area contributed by atoms with Gasteiger partial charge in [-0.3, -0.25) is 9.69 Å². The molecule has 6 rings (SSSR count). The van der Waals surface area contributed by atoms with E-state index in [1.165, 1.54) is 16.7 Å². The number of nitrogens with zero attached hydrogens (tertiary/aromatic N) is 3. The van der Waals surface area contributed by atoms with Crippen molar-refractivity contribution in [3.63, 3.8) is 0 Å². The first kappa shape index (κ1) is 27.2. The van der Waals surface area contributed by atoms with Gasteiger partial charge in [0.25, 0.3) is 0 Å². The zero-order valence-electron chi connectivity index (χ0n) is 23.7. The molecule has 40 heavy (non-hydrogen) atoms. The number of carbonyl (C=O) groups is 1. The maximum Gasteiger partial charge on any atom is 0.310 e. The molecule has 212 valence electrons. The van der Waals surface area contributed by atoms with Crippen molar-refractivity contribution < 1.29 is 19.4 Å². The van der Waals surface area contributed by atoms with Gasteiger partial charge in [-0.15, -0.1) is 11.3 Å². The average molecular weight is 562 g/mol. The van der Waals surface area contributed by atoms with Crippen LogP contribution in [0.5, 0.6) is 5.75 Å². The molecule has 1 saturated carbocycles. The van der Waals surface area contributed by atoms with Crippen LogP contribution in [0.1, 0.15) is 42.0 Å². The van der Waals surface area contributed by atoms with Crippen LogP contribution in [0.3, 0.4) is 0 Å². The highest BCUT2D eigenvalue weighted by atomic mass is 32.1. The first-order valence-corrected chi connectivity index (χ1v) is 15.3. The van der Waals surface area contributed by atoms with Gasteiger partial charge in [-0.1, -0.05) is 29.8 Å². The summed E-state index contributed by atoms with van der Waals surface area (Å²) >= 11 is 1.64. The molecule has 2 atom stereocenters. The maximum atomic E-state index is 12.1. The van der Waals surface area contributed by atoms with Crippen molar-refractivity contribution in [1.29, 1.82) is 0 Å².